The first kappa shape index (κ1) is 21.2. The molecule has 0 saturated carbocycles. The number of carbonyl (C=O) groups is 1. The van der Waals surface area contributed by atoms with Crippen molar-refractivity contribution in [2.24, 2.45) is 0 Å². The Morgan fingerprint density at radius 1 is 1.06 bits per heavy atom. The Morgan fingerprint density at radius 2 is 1.88 bits per heavy atom. The molecule has 7 heteroatoms. The molecule has 1 amide bonds. The van der Waals surface area contributed by atoms with Crippen molar-refractivity contribution in [3.8, 4) is 5.75 Å². The zero-order valence-corrected chi connectivity index (χ0v) is 18.4. The first-order valence-corrected chi connectivity index (χ1v) is 10.9. The molecule has 0 N–H and O–H groups in total. The summed E-state index contributed by atoms with van der Waals surface area (Å²) in [5, 5.41) is 0.599. The van der Waals surface area contributed by atoms with E-state index < -0.39 is 23.2 Å². The van der Waals surface area contributed by atoms with Crippen molar-refractivity contribution in [1.29, 1.82) is 0 Å². The van der Waals surface area contributed by atoms with Gasteiger partial charge in [0.2, 0.25) is 5.76 Å². The third-order valence-electron chi connectivity index (χ3n) is 5.71. The van der Waals surface area contributed by atoms with Crippen molar-refractivity contribution in [1.82, 2.24) is 4.90 Å². The van der Waals surface area contributed by atoms with E-state index in [0.29, 0.717) is 22.9 Å². The second-order valence-electron chi connectivity index (χ2n) is 7.75. The Bertz CT molecular complexity index is 1450. The molecule has 1 aliphatic heterocycles. The van der Waals surface area contributed by atoms with Crippen LogP contribution in [-0.4, -0.2) is 17.4 Å². The largest absolute Gasteiger partial charge is 0.494 e. The van der Waals surface area contributed by atoms with Crippen molar-refractivity contribution in [3.63, 3.8) is 0 Å². The lowest BCUT2D eigenvalue weighted by Crippen LogP contribution is -2.29. The molecule has 5 rings (SSSR count). The number of hydrogen-bond donors (Lipinski definition) is 0. The van der Waals surface area contributed by atoms with E-state index in [1.807, 2.05) is 31.2 Å². The van der Waals surface area contributed by atoms with Gasteiger partial charge in [-0.15, -0.1) is 0 Å². The van der Waals surface area contributed by atoms with Crippen LogP contribution in [0.4, 0.5) is 4.39 Å². The standard InChI is InChI=1S/C26H19ClFNO4/c1-2-32-18-8-5-7-15(12-18)23-22-24(30)19-13-17(28)10-11-21(19)33-25(22)26(31)29(23)14-16-6-3-4-9-20(16)27/h3-13,23H,2,14H2,1H3. The maximum absolute atomic E-state index is 13.9. The van der Waals surface area contributed by atoms with Gasteiger partial charge < -0.3 is 14.1 Å². The van der Waals surface area contributed by atoms with Crippen LogP contribution in [0.1, 0.15) is 40.2 Å². The van der Waals surface area contributed by atoms with Crippen LogP contribution < -0.4 is 10.2 Å². The lowest BCUT2D eigenvalue weighted by atomic mass is 9.98. The number of nitrogens with zero attached hydrogens (tertiary/aromatic N) is 1. The molecular weight excluding hydrogens is 445 g/mol. The molecular formula is C26H19ClFNO4. The molecule has 0 spiro atoms. The Hall–Kier alpha value is -3.64. The summed E-state index contributed by atoms with van der Waals surface area (Å²) < 4.78 is 25.4. The molecule has 166 valence electrons. The van der Waals surface area contributed by atoms with Gasteiger partial charge >= 0.3 is 0 Å². The predicted octanol–water partition coefficient (Wildman–Crippen LogP) is 5.73. The summed E-state index contributed by atoms with van der Waals surface area (Å²) in [6.45, 7) is 2.51. The van der Waals surface area contributed by atoms with Gasteiger partial charge in [0.05, 0.1) is 23.6 Å². The van der Waals surface area contributed by atoms with E-state index in [1.54, 1.807) is 29.2 Å². The molecule has 1 aromatic heterocycles. The monoisotopic (exact) mass is 463 g/mol. The summed E-state index contributed by atoms with van der Waals surface area (Å²) in [5.74, 6) is -0.412. The van der Waals surface area contributed by atoms with Crippen LogP contribution in [0, 0.1) is 5.82 Å². The Kier molecular flexibility index (Phi) is 5.38. The minimum atomic E-state index is -0.743. The third-order valence-corrected chi connectivity index (χ3v) is 6.08. The van der Waals surface area contributed by atoms with Gasteiger partial charge in [0.1, 0.15) is 17.1 Å². The van der Waals surface area contributed by atoms with Gasteiger partial charge in [0.25, 0.3) is 5.91 Å². The molecule has 5 nitrogen and oxygen atoms in total. The van der Waals surface area contributed by atoms with E-state index in [1.165, 1.54) is 12.1 Å². The van der Waals surface area contributed by atoms with Gasteiger partial charge in [0, 0.05) is 11.6 Å². The van der Waals surface area contributed by atoms with Gasteiger partial charge in [-0.1, -0.05) is 41.9 Å². The number of benzene rings is 3. The summed E-state index contributed by atoms with van der Waals surface area (Å²) >= 11 is 6.37. The molecule has 0 bridgehead atoms. The molecule has 1 unspecified atom stereocenters. The molecule has 0 aliphatic carbocycles. The van der Waals surface area contributed by atoms with E-state index in [4.69, 9.17) is 20.8 Å². The van der Waals surface area contributed by atoms with Crippen molar-refractivity contribution >= 4 is 28.5 Å². The van der Waals surface area contributed by atoms with Crippen LogP contribution in [0.3, 0.4) is 0 Å². The maximum Gasteiger partial charge on any atom is 0.291 e. The Balaban J connectivity index is 1.73. The molecule has 1 aliphatic rings. The van der Waals surface area contributed by atoms with E-state index >= 15 is 0 Å². The number of hydrogen-bond acceptors (Lipinski definition) is 4. The molecule has 0 saturated heterocycles. The first-order valence-electron chi connectivity index (χ1n) is 10.5. The second kappa shape index (κ2) is 8.37. The number of ether oxygens (including phenoxy) is 1. The summed E-state index contributed by atoms with van der Waals surface area (Å²) in [5.41, 5.74) is 1.32. The quantitative estimate of drug-likeness (QED) is 0.379. The van der Waals surface area contributed by atoms with Gasteiger partial charge in [0.15, 0.2) is 5.43 Å². The van der Waals surface area contributed by atoms with Crippen molar-refractivity contribution in [2.45, 2.75) is 19.5 Å². The normalized spacial score (nSPS) is 15.2. The van der Waals surface area contributed by atoms with Crippen LogP contribution in [0.15, 0.2) is 75.9 Å². The predicted molar refractivity (Wildman–Crippen MR) is 123 cm³/mol. The SMILES string of the molecule is CCOc1cccc(C2c3c(oc4ccc(F)cc4c3=O)C(=O)N2Cc2ccccc2Cl)c1. The average molecular weight is 464 g/mol. The van der Waals surface area contributed by atoms with E-state index in [-0.39, 0.29) is 28.8 Å². The molecule has 0 fully saturated rings. The summed E-state index contributed by atoms with van der Waals surface area (Å²) in [4.78, 5) is 28.6. The summed E-state index contributed by atoms with van der Waals surface area (Å²) in [6, 6.07) is 17.4. The van der Waals surface area contributed by atoms with Crippen LogP contribution in [-0.2, 0) is 6.54 Å². The van der Waals surface area contributed by atoms with Crippen molar-refractivity contribution in [3.05, 3.63) is 110 Å². The van der Waals surface area contributed by atoms with Crippen LogP contribution in [0.2, 0.25) is 5.02 Å². The lowest BCUT2D eigenvalue weighted by molar-refractivity contribution is 0.0714. The van der Waals surface area contributed by atoms with Crippen molar-refractivity contribution < 1.29 is 18.3 Å². The fourth-order valence-electron chi connectivity index (χ4n) is 4.25. The van der Waals surface area contributed by atoms with Crippen LogP contribution >= 0.6 is 11.6 Å². The highest BCUT2D eigenvalue weighted by Gasteiger charge is 2.43. The lowest BCUT2D eigenvalue weighted by Gasteiger charge is -2.26. The molecule has 33 heavy (non-hydrogen) atoms. The number of halogens is 2. The topological polar surface area (TPSA) is 59.8 Å². The molecule has 1 atom stereocenters. The Morgan fingerprint density at radius 3 is 2.67 bits per heavy atom. The summed E-state index contributed by atoms with van der Waals surface area (Å²) in [7, 11) is 0. The number of rotatable bonds is 5. The second-order valence-corrected chi connectivity index (χ2v) is 8.15. The number of carbonyl (C=O) groups excluding carboxylic acids is 1. The van der Waals surface area contributed by atoms with Crippen LogP contribution in [0.5, 0.6) is 5.75 Å². The number of fused-ring (bicyclic) bond motifs is 2. The fraction of sp³-hybridized carbons (Fsp3) is 0.154. The minimum Gasteiger partial charge on any atom is -0.494 e. The maximum atomic E-state index is 13.9. The third kappa shape index (κ3) is 3.66. The van der Waals surface area contributed by atoms with Crippen molar-refractivity contribution in [2.75, 3.05) is 6.61 Å². The number of amides is 1. The highest BCUT2D eigenvalue weighted by molar-refractivity contribution is 6.31. The van der Waals surface area contributed by atoms with Gasteiger partial charge in [-0.3, -0.25) is 9.59 Å². The first-order chi connectivity index (χ1) is 16.0. The van der Waals surface area contributed by atoms with Gasteiger partial charge in [-0.25, -0.2) is 4.39 Å². The fourth-order valence-corrected chi connectivity index (χ4v) is 4.45. The van der Waals surface area contributed by atoms with Gasteiger partial charge in [-0.2, -0.15) is 0 Å². The smallest absolute Gasteiger partial charge is 0.291 e. The molecule has 3 aromatic carbocycles. The zero-order valence-electron chi connectivity index (χ0n) is 17.7. The molecule has 4 aromatic rings. The van der Waals surface area contributed by atoms with Crippen LogP contribution in [0.25, 0.3) is 11.0 Å². The van der Waals surface area contributed by atoms with E-state index in [0.717, 1.165) is 11.6 Å². The molecule has 2 heterocycles. The Labute approximate surface area is 194 Å². The highest BCUT2D eigenvalue weighted by Crippen LogP contribution is 2.40. The summed E-state index contributed by atoms with van der Waals surface area (Å²) in [6.07, 6.45) is 0. The van der Waals surface area contributed by atoms with E-state index in [9.17, 15) is 14.0 Å². The zero-order chi connectivity index (χ0) is 23.1. The minimum absolute atomic E-state index is 0.0435. The molecule has 0 radical (unpaired) electrons. The highest BCUT2D eigenvalue weighted by atomic mass is 35.5. The average Bonchev–Trinajstić information content (AvgIpc) is 3.08. The van der Waals surface area contributed by atoms with Gasteiger partial charge in [-0.05, 0) is 54.4 Å². The van der Waals surface area contributed by atoms with E-state index in [2.05, 4.69) is 0 Å².